The Bertz CT molecular complexity index is 377. The van der Waals surface area contributed by atoms with E-state index in [1.54, 1.807) is 18.2 Å². The van der Waals surface area contributed by atoms with E-state index in [4.69, 9.17) is 20.0 Å². The van der Waals surface area contributed by atoms with Crippen molar-refractivity contribution in [2.45, 2.75) is 13.0 Å². The number of hydrogen-bond acceptors (Lipinski definition) is 4. The molecule has 0 spiro atoms. The zero-order valence-corrected chi connectivity index (χ0v) is 8.90. The van der Waals surface area contributed by atoms with Crippen molar-refractivity contribution in [3.8, 4) is 0 Å². The van der Waals surface area contributed by atoms with E-state index >= 15 is 0 Å². The number of rotatable bonds is 5. The normalized spacial score (nSPS) is 18.9. The van der Waals surface area contributed by atoms with Crippen molar-refractivity contribution in [2.24, 2.45) is 0 Å². The molecule has 86 valence electrons. The maximum Gasteiger partial charge on any atom is 0.329 e. The predicted octanol–water partition coefficient (Wildman–Crippen LogP) is 1.12. The molecule has 0 saturated carbocycles. The summed E-state index contributed by atoms with van der Waals surface area (Å²) in [5.74, 6) is 1.78. The maximum atomic E-state index is 10.3. The van der Waals surface area contributed by atoms with E-state index in [9.17, 15) is 4.79 Å². The zero-order chi connectivity index (χ0) is 12.0. The van der Waals surface area contributed by atoms with Gasteiger partial charge in [0.05, 0.1) is 6.61 Å². The fourth-order valence-electron chi connectivity index (χ4n) is 1.24. The molecular weight excluding hydrogens is 210 g/mol. The third-order valence-electron chi connectivity index (χ3n) is 1.88. The molecular formula is C11H13NO4. The highest BCUT2D eigenvalue weighted by molar-refractivity contribution is 5.68. The second-order valence-corrected chi connectivity index (χ2v) is 3.04. The Hall–Kier alpha value is -1.84. The van der Waals surface area contributed by atoms with Gasteiger partial charge in [-0.2, -0.15) is 0 Å². The number of allylic oxidation sites excluding steroid dienone is 1. The van der Waals surface area contributed by atoms with Gasteiger partial charge in [0.25, 0.3) is 0 Å². The van der Waals surface area contributed by atoms with Gasteiger partial charge in [0.15, 0.2) is 0 Å². The second kappa shape index (κ2) is 5.90. The van der Waals surface area contributed by atoms with E-state index in [2.05, 4.69) is 5.87 Å². The SMILES string of the molecule is CCOC1=CC(=C=N)C(OCC(=O)O)C=C1. The molecule has 1 aliphatic carbocycles. The van der Waals surface area contributed by atoms with E-state index in [0.717, 1.165) is 0 Å². The highest BCUT2D eigenvalue weighted by atomic mass is 16.5. The van der Waals surface area contributed by atoms with Crippen LogP contribution in [-0.2, 0) is 14.3 Å². The number of aliphatic carboxylic acids is 1. The van der Waals surface area contributed by atoms with Crippen LogP contribution in [0, 0.1) is 5.41 Å². The summed E-state index contributed by atoms with van der Waals surface area (Å²) >= 11 is 0. The molecule has 1 aliphatic rings. The number of nitrogens with one attached hydrogen (secondary N) is 1. The first-order valence-electron chi connectivity index (χ1n) is 4.83. The minimum atomic E-state index is -1.04. The highest BCUT2D eigenvalue weighted by Gasteiger charge is 2.16. The van der Waals surface area contributed by atoms with Crippen LogP contribution in [0.5, 0.6) is 0 Å². The molecule has 16 heavy (non-hydrogen) atoms. The Morgan fingerprint density at radius 2 is 2.44 bits per heavy atom. The van der Waals surface area contributed by atoms with Gasteiger partial charge in [0, 0.05) is 5.57 Å². The summed E-state index contributed by atoms with van der Waals surface area (Å²) in [6, 6.07) is 0. The Balaban J connectivity index is 2.68. The van der Waals surface area contributed by atoms with Crippen molar-refractivity contribution in [2.75, 3.05) is 13.2 Å². The lowest BCUT2D eigenvalue weighted by atomic mass is 10.1. The number of carboxylic acids is 1. The first-order chi connectivity index (χ1) is 7.67. The molecule has 0 aromatic heterocycles. The third kappa shape index (κ3) is 3.38. The van der Waals surface area contributed by atoms with Gasteiger partial charge in [-0.25, -0.2) is 4.79 Å². The topological polar surface area (TPSA) is 79.6 Å². The van der Waals surface area contributed by atoms with Crippen LogP contribution in [0.1, 0.15) is 6.92 Å². The molecule has 0 bridgehead atoms. The average Bonchev–Trinajstić information content (AvgIpc) is 2.27. The van der Waals surface area contributed by atoms with Gasteiger partial charge in [-0.1, -0.05) is 0 Å². The summed E-state index contributed by atoms with van der Waals surface area (Å²) in [6.07, 6.45) is 4.41. The molecule has 1 rings (SSSR count). The second-order valence-electron chi connectivity index (χ2n) is 3.04. The molecule has 5 nitrogen and oxygen atoms in total. The van der Waals surface area contributed by atoms with E-state index in [1.807, 2.05) is 6.92 Å². The lowest BCUT2D eigenvalue weighted by Gasteiger charge is -2.17. The maximum absolute atomic E-state index is 10.3. The van der Waals surface area contributed by atoms with Crippen molar-refractivity contribution in [1.29, 1.82) is 5.41 Å². The molecule has 0 fully saturated rings. The van der Waals surface area contributed by atoms with Crippen LogP contribution >= 0.6 is 0 Å². The van der Waals surface area contributed by atoms with E-state index in [-0.39, 0.29) is 0 Å². The Kier molecular flexibility index (Phi) is 4.51. The fraction of sp³-hybridized carbons (Fsp3) is 0.364. The minimum Gasteiger partial charge on any atom is -0.494 e. The van der Waals surface area contributed by atoms with Gasteiger partial charge >= 0.3 is 5.97 Å². The average molecular weight is 223 g/mol. The van der Waals surface area contributed by atoms with Crippen LogP contribution < -0.4 is 0 Å². The summed E-state index contributed by atoms with van der Waals surface area (Å²) in [7, 11) is 0. The lowest BCUT2D eigenvalue weighted by molar-refractivity contribution is -0.142. The first-order valence-corrected chi connectivity index (χ1v) is 4.83. The van der Waals surface area contributed by atoms with Crippen molar-refractivity contribution in [1.82, 2.24) is 0 Å². The quantitative estimate of drug-likeness (QED) is 0.684. The van der Waals surface area contributed by atoms with Gasteiger partial charge in [-0.15, -0.1) is 0 Å². The molecule has 0 amide bonds. The highest BCUT2D eigenvalue weighted by Crippen LogP contribution is 2.17. The number of ether oxygens (including phenoxy) is 2. The largest absolute Gasteiger partial charge is 0.494 e. The van der Waals surface area contributed by atoms with Gasteiger partial charge in [-0.05, 0) is 31.0 Å². The summed E-state index contributed by atoms with van der Waals surface area (Å²) < 4.78 is 10.3. The van der Waals surface area contributed by atoms with E-state index < -0.39 is 18.7 Å². The minimum absolute atomic E-state index is 0.405. The van der Waals surface area contributed by atoms with Crippen LogP contribution in [0.15, 0.2) is 29.6 Å². The predicted molar refractivity (Wildman–Crippen MR) is 57.5 cm³/mol. The number of carbonyl (C=O) groups is 1. The smallest absolute Gasteiger partial charge is 0.329 e. The third-order valence-corrected chi connectivity index (χ3v) is 1.88. The van der Waals surface area contributed by atoms with Crippen LogP contribution in [0.3, 0.4) is 0 Å². The van der Waals surface area contributed by atoms with Crippen molar-refractivity contribution >= 4 is 11.8 Å². The van der Waals surface area contributed by atoms with Crippen LogP contribution in [0.25, 0.3) is 0 Å². The fourth-order valence-corrected chi connectivity index (χ4v) is 1.24. The zero-order valence-electron chi connectivity index (χ0n) is 8.90. The van der Waals surface area contributed by atoms with E-state index in [1.165, 1.54) is 0 Å². The number of hydrogen-bond donors (Lipinski definition) is 2. The van der Waals surface area contributed by atoms with Crippen LogP contribution in [0.4, 0.5) is 0 Å². The number of carboxylic acid groups (broad SMARTS) is 1. The summed E-state index contributed by atoms with van der Waals surface area (Å²) in [5.41, 5.74) is 0.451. The molecule has 0 saturated heterocycles. The van der Waals surface area contributed by atoms with Gasteiger partial charge in [0.1, 0.15) is 18.5 Å². The van der Waals surface area contributed by atoms with Crippen molar-refractivity contribution in [3.05, 3.63) is 29.6 Å². The van der Waals surface area contributed by atoms with Gasteiger partial charge in [-0.3, -0.25) is 5.41 Å². The van der Waals surface area contributed by atoms with E-state index in [0.29, 0.717) is 17.9 Å². The summed E-state index contributed by atoms with van der Waals surface area (Å²) in [4.78, 5) is 10.3. The standard InChI is InChI=1S/C11H13NO4/c1-2-15-9-3-4-10(8(5-9)6-12)16-7-11(13)14/h3-5,10,12H,2,7H2,1H3,(H,13,14). The molecule has 1 atom stereocenters. The molecule has 0 radical (unpaired) electrons. The monoisotopic (exact) mass is 223 g/mol. The van der Waals surface area contributed by atoms with Crippen molar-refractivity contribution < 1.29 is 19.4 Å². The Morgan fingerprint density at radius 1 is 1.69 bits per heavy atom. The molecule has 2 N–H and O–H groups in total. The Labute approximate surface area is 93.2 Å². The Morgan fingerprint density at radius 3 is 3.00 bits per heavy atom. The summed E-state index contributed by atoms with van der Waals surface area (Å²) in [6.45, 7) is 1.98. The molecule has 1 unspecified atom stereocenters. The van der Waals surface area contributed by atoms with Crippen molar-refractivity contribution in [3.63, 3.8) is 0 Å². The molecule has 0 aliphatic heterocycles. The molecule has 0 aromatic carbocycles. The molecule has 5 heteroatoms. The van der Waals surface area contributed by atoms with Gasteiger partial charge < -0.3 is 14.6 Å². The van der Waals surface area contributed by atoms with Crippen LogP contribution in [0.2, 0.25) is 0 Å². The van der Waals surface area contributed by atoms with Gasteiger partial charge in [0.2, 0.25) is 0 Å². The summed E-state index contributed by atoms with van der Waals surface area (Å²) in [5, 5.41) is 15.6. The molecule has 0 heterocycles. The molecule has 0 aromatic rings. The van der Waals surface area contributed by atoms with Crippen LogP contribution in [-0.4, -0.2) is 36.3 Å². The first kappa shape index (κ1) is 12.2. The lowest BCUT2D eigenvalue weighted by Crippen LogP contribution is -2.20.